The van der Waals surface area contributed by atoms with Crippen molar-refractivity contribution < 1.29 is 14.4 Å². The molecule has 1 aliphatic carbocycles. The highest BCUT2D eigenvalue weighted by atomic mass is 32.2. The molecular formula is C16H27N3O3S. The average Bonchev–Trinajstić information content (AvgIpc) is 2.60. The van der Waals surface area contributed by atoms with Crippen molar-refractivity contribution >= 4 is 29.6 Å². The zero-order valence-electron chi connectivity index (χ0n) is 14.4. The van der Waals surface area contributed by atoms with E-state index in [0.717, 1.165) is 17.1 Å². The average molecular weight is 341 g/mol. The van der Waals surface area contributed by atoms with Gasteiger partial charge in [-0.2, -0.15) is 11.8 Å². The number of urea groups is 1. The number of rotatable bonds is 5. The second-order valence-corrected chi connectivity index (χ2v) is 8.59. The van der Waals surface area contributed by atoms with Crippen molar-refractivity contribution in [3.63, 3.8) is 0 Å². The number of nitrogens with one attached hydrogen (secondary N) is 2. The van der Waals surface area contributed by atoms with Gasteiger partial charge in [-0.1, -0.05) is 20.8 Å². The fourth-order valence-electron chi connectivity index (χ4n) is 4.14. The van der Waals surface area contributed by atoms with Crippen LogP contribution >= 0.6 is 11.8 Å². The second-order valence-electron chi connectivity index (χ2n) is 7.60. The molecule has 4 amide bonds. The molecule has 130 valence electrons. The summed E-state index contributed by atoms with van der Waals surface area (Å²) in [5, 5.41) is 5.62. The molecule has 2 N–H and O–H groups in total. The van der Waals surface area contributed by atoms with E-state index >= 15 is 0 Å². The smallest absolute Gasteiger partial charge is 0.325 e. The number of thioether (sulfide) groups is 1. The molecule has 2 rings (SSSR count). The molecule has 2 atom stereocenters. The van der Waals surface area contributed by atoms with Crippen molar-refractivity contribution in [3.05, 3.63) is 0 Å². The van der Waals surface area contributed by atoms with Gasteiger partial charge in [0, 0.05) is 12.3 Å². The summed E-state index contributed by atoms with van der Waals surface area (Å²) in [6.45, 7) is 6.71. The molecule has 0 aromatic carbocycles. The van der Waals surface area contributed by atoms with Crippen molar-refractivity contribution in [2.75, 3.05) is 25.1 Å². The molecule has 23 heavy (non-hydrogen) atoms. The van der Waals surface area contributed by atoms with Gasteiger partial charge >= 0.3 is 6.03 Å². The van der Waals surface area contributed by atoms with E-state index in [2.05, 4.69) is 31.4 Å². The van der Waals surface area contributed by atoms with Crippen LogP contribution in [0.15, 0.2) is 0 Å². The van der Waals surface area contributed by atoms with Gasteiger partial charge in [0.2, 0.25) is 5.91 Å². The van der Waals surface area contributed by atoms with Crippen LogP contribution in [0.5, 0.6) is 0 Å². The Bertz CT molecular complexity index is 509. The van der Waals surface area contributed by atoms with Crippen molar-refractivity contribution in [3.8, 4) is 0 Å². The van der Waals surface area contributed by atoms with Gasteiger partial charge < -0.3 is 10.6 Å². The van der Waals surface area contributed by atoms with E-state index < -0.39 is 11.6 Å². The van der Waals surface area contributed by atoms with E-state index in [9.17, 15) is 14.4 Å². The predicted octanol–water partition coefficient (Wildman–Crippen LogP) is 1.60. The molecule has 1 heterocycles. The Hall–Kier alpha value is -1.24. The summed E-state index contributed by atoms with van der Waals surface area (Å²) in [4.78, 5) is 38.1. The number of carbonyl (C=O) groups is 3. The summed E-state index contributed by atoms with van der Waals surface area (Å²) < 4.78 is 0. The molecule has 2 aliphatic rings. The molecule has 1 aliphatic heterocycles. The lowest BCUT2D eigenvalue weighted by atomic mass is 9.64. The lowest BCUT2D eigenvalue weighted by molar-refractivity contribution is -0.137. The van der Waals surface area contributed by atoms with Gasteiger partial charge in [-0.05, 0) is 36.9 Å². The summed E-state index contributed by atoms with van der Waals surface area (Å²) in [6.07, 6.45) is 4.26. The molecule has 0 aromatic rings. The van der Waals surface area contributed by atoms with E-state index in [1.165, 1.54) is 0 Å². The standard InChI is InChI=1S/C16H27N3O3S/c1-11-7-15(2,3)10-16(8-11)13(21)19(14(22)18-16)9-12(20)17-5-6-23-4/h11H,5-10H2,1-4H3,(H,17,20)(H,18,22)/t11-,16+/m1/s1. The van der Waals surface area contributed by atoms with Crippen LogP contribution in [-0.2, 0) is 9.59 Å². The first-order valence-electron chi connectivity index (χ1n) is 8.09. The fraction of sp³-hybridized carbons (Fsp3) is 0.812. The Labute approximate surface area is 142 Å². The summed E-state index contributed by atoms with van der Waals surface area (Å²) in [7, 11) is 0. The highest BCUT2D eigenvalue weighted by Gasteiger charge is 2.56. The van der Waals surface area contributed by atoms with E-state index in [4.69, 9.17) is 0 Å². The summed E-state index contributed by atoms with van der Waals surface area (Å²) in [6, 6.07) is -0.445. The minimum absolute atomic E-state index is 0.00275. The molecule has 1 saturated heterocycles. The highest BCUT2D eigenvalue weighted by molar-refractivity contribution is 7.98. The lowest BCUT2D eigenvalue weighted by Gasteiger charge is -2.43. The number of hydrogen-bond acceptors (Lipinski definition) is 4. The Morgan fingerprint density at radius 1 is 1.39 bits per heavy atom. The molecule has 0 aromatic heterocycles. The lowest BCUT2D eigenvalue weighted by Crippen LogP contribution is -2.54. The van der Waals surface area contributed by atoms with Gasteiger partial charge in [0.15, 0.2) is 0 Å². The molecule has 1 saturated carbocycles. The van der Waals surface area contributed by atoms with Crippen LogP contribution in [0.25, 0.3) is 0 Å². The monoisotopic (exact) mass is 341 g/mol. The predicted molar refractivity (Wildman–Crippen MR) is 91.2 cm³/mol. The summed E-state index contributed by atoms with van der Waals surface area (Å²) in [5.74, 6) is 0.629. The Morgan fingerprint density at radius 2 is 2.09 bits per heavy atom. The maximum Gasteiger partial charge on any atom is 0.325 e. The van der Waals surface area contributed by atoms with Crippen LogP contribution in [0.3, 0.4) is 0 Å². The molecule has 1 spiro atoms. The molecule has 0 unspecified atom stereocenters. The number of amides is 4. The van der Waals surface area contributed by atoms with Crippen LogP contribution in [0.2, 0.25) is 0 Å². The van der Waals surface area contributed by atoms with Crippen LogP contribution in [0.1, 0.15) is 40.0 Å². The number of carbonyl (C=O) groups excluding carboxylic acids is 3. The summed E-state index contributed by atoms with van der Waals surface area (Å²) in [5.41, 5.74) is -0.838. The third-order valence-corrected chi connectivity index (χ3v) is 5.17. The molecule has 7 heteroatoms. The fourth-order valence-corrected chi connectivity index (χ4v) is 4.45. The zero-order chi connectivity index (χ0) is 17.3. The van der Waals surface area contributed by atoms with Gasteiger partial charge in [-0.25, -0.2) is 4.79 Å². The minimum atomic E-state index is -0.836. The number of imide groups is 1. The quantitative estimate of drug-likeness (QED) is 0.588. The third-order valence-electron chi connectivity index (χ3n) is 4.55. The molecular weight excluding hydrogens is 314 g/mol. The van der Waals surface area contributed by atoms with Gasteiger partial charge in [0.1, 0.15) is 12.1 Å². The molecule has 0 radical (unpaired) electrons. The first-order chi connectivity index (χ1) is 10.7. The van der Waals surface area contributed by atoms with E-state index in [1.807, 2.05) is 6.26 Å². The van der Waals surface area contributed by atoms with E-state index in [1.54, 1.807) is 11.8 Å². The van der Waals surface area contributed by atoms with Crippen molar-refractivity contribution in [2.24, 2.45) is 11.3 Å². The van der Waals surface area contributed by atoms with Gasteiger partial charge in [0.25, 0.3) is 5.91 Å². The topological polar surface area (TPSA) is 78.5 Å². The SMILES string of the molecule is CSCCNC(=O)CN1C(=O)N[C@]2(C[C@H](C)CC(C)(C)C2)C1=O. The normalized spacial score (nSPS) is 29.7. The summed E-state index contributed by atoms with van der Waals surface area (Å²) >= 11 is 1.63. The highest BCUT2D eigenvalue weighted by Crippen LogP contribution is 2.46. The first kappa shape index (κ1) is 18.1. The number of hydrogen-bond donors (Lipinski definition) is 2. The number of nitrogens with zero attached hydrogens (tertiary/aromatic N) is 1. The van der Waals surface area contributed by atoms with Gasteiger partial charge in [0.05, 0.1) is 0 Å². The largest absolute Gasteiger partial charge is 0.354 e. The van der Waals surface area contributed by atoms with Crippen LogP contribution in [0, 0.1) is 11.3 Å². The van der Waals surface area contributed by atoms with Crippen LogP contribution in [-0.4, -0.2) is 53.4 Å². The molecule has 6 nitrogen and oxygen atoms in total. The maximum atomic E-state index is 12.9. The van der Waals surface area contributed by atoms with Gasteiger partial charge in [-0.3, -0.25) is 14.5 Å². The van der Waals surface area contributed by atoms with Gasteiger partial charge in [-0.15, -0.1) is 0 Å². The third kappa shape index (κ3) is 4.00. The van der Waals surface area contributed by atoms with Crippen molar-refractivity contribution in [1.82, 2.24) is 15.5 Å². The van der Waals surface area contributed by atoms with Crippen LogP contribution in [0.4, 0.5) is 4.79 Å². The molecule has 0 bridgehead atoms. The molecule has 2 fully saturated rings. The minimum Gasteiger partial charge on any atom is -0.354 e. The van der Waals surface area contributed by atoms with E-state index in [-0.39, 0.29) is 23.8 Å². The second kappa shape index (κ2) is 6.71. The van der Waals surface area contributed by atoms with E-state index in [0.29, 0.717) is 25.3 Å². The maximum absolute atomic E-state index is 12.9. The van der Waals surface area contributed by atoms with Crippen LogP contribution < -0.4 is 10.6 Å². The Kier molecular flexibility index (Phi) is 5.28. The Balaban J connectivity index is 2.06. The van der Waals surface area contributed by atoms with Crippen molar-refractivity contribution in [1.29, 1.82) is 0 Å². The Morgan fingerprint density at radius 3 is 2.70 bits per heavy atom. The zero-order valence-corrected chi connectivity index (χ0v) is 15.2. The first-order valence-corrected chi connectivity index (χ1v) is 9.48. The van der Waals surface area contributed by atoms with Crippen molar-refractivity contribution in [2.45, 2.75) is 45.6 Å².